The van der Waals surface area contributed by atoms with Gasteiger partial charge in [0, 0.05) is 43.2 Å². The van der Waals surface area contributed by atoms with E-state index in [-0.39, 0.29) is 28.8 Å². The van der Waals surface area contributed by atoms with Crippen molar-refractivity contribution in [1.82, 2.24) is 19.7 Å². The summed E-state index contributed by atoms with van der Waals surface area (Å²) in [5, 5.41) is 4.42. The number of nitrogens with one attached hydrogen (secondary N) is 1. The number of aromatic amines is 1. The Bertz CT molecular complexity index is 833. The molecule has 1 saturated carbocycles. The number of pyridine rings is 1. The van der Waals surface area contributed by atoms with Crippen LogP contribution in [0, 0.1) is 13.8 Å². The summed E-state index contributed by atoms with van der Waals surface area (Å²) in [5.74, 6) is 0.0309. The average Bonchev–Trinajstić information content (AvgIpc) is 3.35. The van der Waals surface area contributed by atoms with Crippen molar-refractivity contribution in [1.29, 1.82) is 0 Å². The highest BCUT2D eigenvalue weighted by Gasteiger charge is 2.34. The van der Waals surface area contributed by atoms with Gasteiger partial charge in [0.15, 0.2) is 5.75 Å². The van der Waals surface area contributed by atoms with Crippen LogP contribution in [0.4, 0.5) is 0 Å². The number of carbonyl (C=O) groups excluding carboxylic acids is 1. The van der Waals surface area contributed by atoms with Crippen LogP contribution >= 0.6 is 0 Å². The van der Waals surface area contributed by atoms with Gasteiger partial charge in [0.2, 0.25) is 5.43 Å². The summed E-state index contributed by atoms with van der Waals surface area (Å²) in [7, 11) is 3.33. The van der Waals surface area contributed by atoms with E-state index in [4.69, 9.17) is 4.74 Å². The predicted octanol–water partition coefficient (Wildman–Crippen LogP) is 1.54. The first-order chi connectivity index (χ1) is 11.4. The fourth-order valence-electron chi connectivity index (χ4n) is 2.87. The number of carbonyl (C=O) groups is 1. The lowest BCUT2D eigenvalue weighted by Crippen LogP contribution is -2.34. The van der Waals surface area contributed by atoms with Crippen molar-refractivity contribution in [2.45, 2.75) is 39.3 Å². The molecule has 1 aliphatic carbocycles. The zero-order chi connectivity index (χ0) is 17.4. The molecule has 0 saturated heterocycles. The summed E-state index contributed by atoms with van der Waals surface area (Å²) in [6, 6.07) is 1.53. The maximum absolute atomic E-state index is 12.9. The Labute approximate surface area is 140 Å². The van der Waals surface area contributed by atoms with Gasteiger partial charge >= 0.3 is 0 Å². The highest BCUT2D eigenvalue weighted by atomic mass is 16.5. The smallest absolute Gasteiger partial charge is 0.270 e. The van der Waals surface area contributed by atoms with Crippen molar-refractivity contribution in [3.63, 3.8) is 0 Å². The molecule has 1 N–H and O–H groups in total. The van der Waals surface area contributed by atoms with E-state index in [9.17, 15) is 9.59 Å². The summed E-state index contributed by atoms with van der Waals surface area (Å²) in [6.45, 7) is 4.45. The molecule has 0 aliphatic heterocycles. The Kier molecular flexibility index (Phi) is 4.17. The van der Waals surface area contributed by atoms with Crippen LogP contribution in [0.1, 0.15) is 40.3 Å². The van der Waals surface area contributed by atoms with Gasteiger partial charge in [0.05, 0.1) is 12.8 Å². The van der Waals surface area contributed by atoms with E-state index < -0.39 is 0 Å². The van der Waals surface area contributed by atoms with Crippen LogP contribution < -0.4 is 10.2 Å². The second-order valence-electron chi connectivity index (χ2n) is 6.22. The molecule has 0 bridgehead atoms. The minimum Gasteiger partial charge on any atom is -0.491 e. The van der Waals surface area contributed by atoms with Gasteiger partial charge in [-0.15, -0.1) is 0 Å². The fourth-order valence-corrected chi connectivity index (χ4v) is 2.87. The number of ether oxygens (including phenoxy) is 1. The molecular weight excluding hydrogens is 308 g/mol. The molecule has 1 aliphatic rings. The third-order valence-corrected chi connectivity index (χ3v) is 4.56. The normalized spacial score (nSPS) is 13.8. The zero-order valence-corrected chi connectivity index (χ0v) is 14.4. The molecule has 1 fully saturated rings. The molecule has 7 heteroatoms. The largest absolute Gasteiger partial charge is 0.491 e. The molecule has 0 aromatic carbocycles. The minimum atomic E-state index is -0.302. The number of aryl methyl sites for hydroxylation is 2. The lowest BCUT2D eigenvalue weighted by atomic mass is 10.1. The van der Waals surface area contributed by atoms with E-state index in [0.29, 0.717) is 6.54 Å². The van der Waals surface area contributed by atoms with Gasteiger partial charge in [-0.05, 0) is 26.7 Å². The quantitative estimate of drug-likeness (QED) is 0.902. The van der Waals surface area contributed by atoms with E-state index in [0.717, 1.165) is 29.8 Å². The average molecular weight is 330 g/mol. The highest BCUT2D eigenvalue weighted by Crippen LogP contribution is 2.30. The zero-order valence-electron chi connectivity index (χ0n) is 14.4. The van der Waals surface area contributed by atoms with Crippen LogP contribution in [0.2, 0.25) is 0 Å². The molecule has 3 rings (SSSR count). The first-order valence-electron chi connectivity index (χ1n) is 7.99. The van der Waals surface area contributed by atoms with Crippen molar-refractivity contribution in [2.75, 3.05) is 7.11 Å². The number of H-pyrrole nitrogens is 1. The van der Waals surface area contributed by atoms with E-state index in [1.54, 1.807) is 0 Å². The minimum absolute atomic E-state index is 0.167. The first-order valence-corrected chi connectivity index (χ1v) is 7.99. The molecule has 0 atom stereocenters. The molecule has 2 heterocycles. The number of hydrogen-bond acceptors (Lipinski definition) is 4. The molecule has 0 radical (unpaired) electrons. The maximum Gasteiger partial charge on any atom is 0.270 e. The van der Waals surface area contributed by atoms with Gasteiger partial charge in [-0.3, -0.25) is 14.3 Å². The molecule has 0 unspecified atom stereocenters. The molecule has 24 heavy (non-hydrogen) atoms. The van der Waals surface area contributed by atoms with Gasteiger partial charge in [0.25, 0.3) is 5.91 Å². The van der Waals surface area contributed by atoms with Crippen LogP contribution in [0.15, 0.2) is 17.1 Å². The number of hydrogen-bond donors (Lipinski definition) is 1. The van der Waals surface area contributed by atoms with Crippen LogP contribution in [-0.4, -0.2) is 38.7 Å². The first kappa shape index (κ1) is 16.3. The number of aromatic nitrogens is 3. The summed E-state index contributed by atoms with van der Waals surface area (Å²) in [4.78, 5) is 29.5. The summed E-state index contributed by atoms with van der Waals surface area (Å²) < 4.78 is 6.78. The van der Waals surface area contributed by atoms with Gasteiger partial charge in [-0.1, -0.05) is 0 Å². The van der Waals surface area contributed by atoms with Crippen LogP contribution in [0.3, 0.4) is 0 Å². The Morgan fingerprint density at radius 3 is 2.67 bits per heavy atom. The SMILES string of the molecule is COc1c[nH]c(C(=O)N(Cc2c(C)nn(C)c2C)C2CC2)cc1=O. The fraction of sp³-hybridized carbons (Fsp3) is 0.471. The predicted molar refractivity (Wildman–Crippen MR) is 89.2 cm³/mol. The lowest BCUT2D eigenvalue weighted by molar-refractivity contribution is 0.0723. The van der Waals surface area contributed by atoms with E-state index in [1.165, 1.54) is 19.4 Å². The van der Waals surface area contributed by atoms with Crippen molar-refractivity contribution in [3.05, 3.63) is 45.1 Å². The number of methoxy groups -OCH3 is 1. The molecular formula is C17H22N4O3. The Balaban J connectivity index is 1.90. The van der Waals surface area contributed by atoms with Gasteiger partial charge in [0.1, 0.15) is 5.69 Å². The van der Waals surface area contributed by atoms with Crippen molar-refractivity contribution in [3.8, 4) is 5.75 Å². The summed E-state index contributed by atoms with van der Waals surface area (Å²) >= 11 is 0. The molecule has 0 spiro atoms. The number of amides is 1. The Morgan fingerprint density at radius 1 is 1.46 bits per heavy atom. The molecule has 2 aromatic heterocycles. The van der Waals surface area contributed by atoms with Crippen LogP contribution in [0.5, 0.6) is 5.75 Å². The monoisotopic (exact) mass is 330 g/mol. The van der Waals surface area contributed by atoms with Gasteiger partial charge < -0.3 is 14.6 Å². The second-order valence-corrected chi connectivity index (χ2v) is 6.22. The molecule has 1 amide bonds. The maximum atomic E-state index is 12.9. The molecule has 2 aromatic rings. The topological polar surface area (TPSA) is 80.2 Å². The van der Waals surface area contributed by atoms with Crippen molar-refractivity contribution in [2.24, 2.45) is 7.05 Å². The summed E-state index contributed by atoms with van der Waals surface area (Å²) in [6.07, 6.45) is 3.41. The third-order valence-electron chi connectivity index (χ3n) is 4.56. The number of nitrogens with zero attached hydrogens (tertiary/aromatic N) is 3. The van der Waals surface area contributed by atoms with E-state index in [2.05, 4.69) is 10.1 Å². The standard InChI is InChI=1S/C17H22N4O3/c1-10-13(11(2)20(3)19-10)9-21(12-5-6-12)17(23)14-7-15(22)16(24-4)8-18-14/h7-8,12H,5-6,9H2,1-4H3,(H,18,22). The van der Waals surface area contributed by atoms with Gasteiger partial charge in [-0.2, -0.15) is 5.10 Å². The van der Waals surface area contributed by atoms with Crippen molar-refractivity contribution >= 4 is 5.91 Å². The molecule has 7 nitrogen and oxygen atoms in total. The van der Waals surface area contributed by atoms with E-state index >= 15 is 0 Å². The Morgan fingerprint density at radius 2 is 2.17 bits per heavy atom. The second kappa shape index (κ2) is 6.14. The summed E-state index contributed by atoms with van der Waals surface area (Å²) in [5.41, 5.74) is 3.02. The lowest BCUT2D eigenvalue weighted by Gasteiger charge is -2.22. The van der Waals surface area contributed by atoms with Gasteiger partial charge in [-0.25, -0.2) is 0 Å². The number of rotatable bonds is 5. The third kappa shape index (κ3) is 2.93. The Hall–Kier alpha value is -2.57. The highest BCUT2D eigenvalue weighted by molar-refractivity contribution is 5.92. The van der Waals surface area contributed by atoms with Crippen LogP contribution in [-0.2, 0) is 13.6 Å². The van der Waals surface area contributed by atoms with Crippen LogP contribution in [0.25, 0.3) is 0 Å². The van der Waals surface area contributed by atoms with Crippen molar-refractivity contribution < 1.29 is 9.53 Å². The molecule has 128 valence electrons. The van der Waals surface area contributed by atoms with E-state index in [1.807, 2.05) is 30.5 Å².